The van der Waals surface area contributed by atoms with E-state index in [4.69, 9.17) is 25.5 Å². The number of nitrogens with one attached hydrogen (secondary N) is 1. The summed E-state index contributed by atoms with van der Waals surface area (Å²) in [7, 11) is 0. The largest absolute Gasteiger partial charge is 0.473 e. The molecule has 3 aromatic rings. The van der Waals surface area contributed by atoms with Crippen LogP contribution in [-0.4, -0.2) is 70.0 Å². The van der Waals surface area contributed by atoms with Crippen molar-refractivity contribution in [1.82, 2.24) is 9.88 Å². The number of aliphatic carboxylic acids is 2. The zero-order chi connectivity index (χ0) is 26.5. The number of hydrogen-bond donors (Lipinski definition) is 4. The molecule has 5 N–H and O–H groups in total. The van der Waals surface area contributed by atoms with E-state index in [2.05, 4.69) is 40.2 Å². The Morgan fingerprint density at radius 3 is 2.35 bits per heavy atom. The number of benzene rings is 2. The van der Waals surface area contributed by atoms with Crippen molar-refractivity contribution >= 4 is 40.3 Å². The molecule has 2 aliphatic rings. The third-order valence-electron chi connectivity index (χ3n) is 7.14. The topological polar surface area (TPSA) is 157 Å². The zero-order valence-corrected chi connectivity index (χ0v) is 20.3. The van der Waals surface area contributed by atoms with Crippen molar-refractivity contribution in [3.8, 4) is 0 Å². The molecule has 1 fully saturated rings. The Bertz CT molecular complexity index is 1300. The number of amides is 2. The van der Waals surface area contributed by atoms with E-state index in [1.807, 2.05) is 24.4 Å². The first-order valence-electron chi connectivity index (χ1n) is 12.2. The van der Waals surface area contributed by atoms with Crippen molar-refractivity contribution in [1.29, 1.82) is 0 Å². The normalized spacial score (nSPS) is 17.6. The number of aromatic amines is 1. The van der Waals surface area contributed by atoms with Crippen molar-refractivity contribution in [2.75, 3.05) is 31.1 Å². The van der Waals surface area contributed by atoms with Gasteiger partial charge >= 0.3 is 23.8 Å². The third kappa shape index (κ3) is 5.97. The van der Waals surface area contributed by atoms with E-state index in [1.54, 1.807) is 4.90 Å². The van der Waals surface area contributed by atoms with Gasteiger partial charge in [0.1, 0.15) is 0 Å². The third-order valence-corrected chi connectivity index (χ3v) is 7.14. The van der Waals surface area contributed by atoms with Crippen molar-refractivity contribution in [2.45, 2.75) is 31.1 Å². The number of rotatable bonds is 4. The number of hydrogen-bond acceptors (Lipinski definition) is 5. The lowest BCUT2D eigenvalue weighted by molar-refractivity contribution is -0.159. The van der Waals surface area contributed by atoms with Crippen LogP contribution in [0.3, 0.4) is 0 Å². The number of anilines is 1. The minimum Gasteiger partial charge on any atom is -0.473 e. The van der Waals surface area contributed by atoms with Crippen LogP contribution in [-0.2, 0) is 19.2 Å². The van der Waals surface area contributed by atoms with Gasteiger partial charge in [-0.3, -0.25) is 9.59 Å². The van der Waals surface area contributed by atoms with Crippen LogP contribution in [0.15, 0.2) is 54.7 Å². The molecule has 0 saturated carbocycles. The maximum absolute atomic E-state index is 12.2. The van der Waals surface area contributed by atoms with Gasteiger partial charge in [-0.05, 0) is 85.6 Å². The molecule has 194 valence electrons. The highest BCUT2D eigenvalue weighted by Crippen LogP contribution is 2.38. The molecule has 0 radical (unpaired) electrons. The van der Waals surface area contributed by atoms with Crippen LogP contribution in [0.5, 0.6) is 0 Å². The first kappa shape index (κ1) is 25.9. The van der Waals surface area contributed by atoms with Gasteiger partial charge in [0.25, 0.3) is 0 Å². The van der Waals surface area contributed by atoms with E-state index >= 15 is 0 Å². The predicted octanol–water partition coefficient (Wildman–Crippen LogP) is 2.51. The number of carboxylic acid groups (broad SMARTS) is 2. The zero-order valence-electron chi connectivity index (χ0n) is 20.3. The number of aromatic nitrogens is 1. The minimum absolute atomic E-state index is 0.244. The fraction of sp³-hybridized carbons (Fsp3) is 0.333. The lowest BCUT2D eigenvalue weighted by Gasteiger charge is -2.33. The average Bonchev–Trinajstić information content (AvgIpc) is 3.52. The Kier molecular flexibility index (Phi) is 7.88. The summed E-state index contributed by atoms with van der Waals surface area (Å²) in [6, 6.07) is 16.8. The van der Waals surface area contributed by atoms with Gasteiger partial charge in [0.05, 0.1) is 0 Å². The van der Waals surface area contributed by atoms with E-state index in [9.17, 15) is 9.59 Å². The van der Waals surface area contributed by atoms with Crippen LogP contribution in [0.1, 0.15) is 42.2 Å². The van der Waals surface area contributed by atoms with Crippen molar-refractivity contribution in [3.63, 3.8) is 0 Å². The molecule has 1 saturated heterocycles. The maximum Gasteiger partial charge on any atom is 0.414 e. The molecule has 0 bridgehead atoms. The first-order chi connectivity index (χ1) is 17.7. The standard InChI is InChI=1S/C25H28N4O2.C2H2O4/c26-24(30)25(31)29-16-20(21-3-1-2-4-23(21)29)10-14-28-12-8-17(9-13-28)18-5-6-22-19(15-18)7-11-27-22;3-1(4)2(5)6/h1-7,11,15,17,20,27H,8-10,12-14,16H2,(H2,26,30);(H,3,4)(H,5,6)/t20-;/m1./s1. The van der Waals surface area contributed by atoms with E-state index in [0.717, 1.165) is 37.3 Å². The summed E-state index contributed by atoms with van der Waals surface area (Å²) in [6.07, 6.45) is 5.31. The second-order valence-electron chi connectivity index (χ2n) is 9.38. The lowest BCUT2D eigenvalue weighted by atomic mass is 9.88. The minimum atomic E-state index is -1.82. The Hall–Kier alpha value is -4.18. The molecule has 0 unspecified atom stereocenters. The number of carbonyl (C=O) groups is 4. The number of nitrogens with two attached hydrogens (primary N) is 1. The molecule has 10 nitrogen and oxygen atoms in total. The van der Waals surface area contributed by atoms with Crippen molar-refractivity contribution < 1.29 is 29.4 Å². The van der Waals surface area contributed by atoms with Gasteiger partial charge in [0.2, 0.25) is 0 Å². The number of primary amides is 1. The summed E-state index contributed by atoms with van der Waals surface area (Å²) in [5, 5.41) is 16.1. The van der Waals surface area contributed by atoms with E-state index < -0.39 is 23.8 Å². The quantitative estimate of drug-likeness (QED) is 0.396. The highest BCUT2D eigenvalue weighted by molar-refractivity contribution is 6.40. The van der Waals surface area contributed by atoms with Gasteiger partial charge in [-0.1, -0.05) is 24.3 Å². The second-order valence-corrected chi connectivity index (χ2v) is 9.38. The summed E-state index contributed by atoms with van der Waals surface area (Å²) in [6.45, 7) is 3.72. The Labute approximate surface area is 213 Å². The number of carbonyl (C=O) groups excluding carboxylic acids is 2. The molecule has 37 heavy (non-hydrogen) atoms. The molecule has 2 aliphatic heterocycles. The van der Waals surface area contributed by atoms with Crippen LogP contribution in [0.25, 0.3) is 10.9 Å². The Morgan fingerprint density at radius 1 is 0.973 bits per heavy atom. The van der Waals surface area contributed by atoms with Crippen molar-refractivity contribution in [3.05, 3.63) is 65.9 Å². The van der Waals surface area contributed by atoms with Crippen LogP contribution in [0, 0.1) is 0 Å². The van der Waals surface area contributed by atoms with Crippen LogP contribution >= 0.6 is 0 Å². The van der Waals surface area contributed by atoms with Gasteiger partial charge < -0.3 is 30.7 Å². The number of carboxylic acids is 2. The number of H-pyrrole nitrogens is 1. The van der Waals surface area contributed by atoms with E-state index in [1.165, 1.54) is 29.3 Å². The summed E-state index contributed by atoms with van der Waals surface area (Å²) in [5.74, 6) is -4.30. The number of piperidine rings is 1. The fourth-order valence-corrected chi connectivity index (χ4v) is 5.22. The molecule has 1 atom stereocenters. The summed E-state index contributed by atoms with van der Waals surface area (Å²) < 4.78 is 0. The lowest BCUT2D eigenvalue weighted by Crippen LogP contribution is -2.40. The molecular weight excluding hydrogens is 476 g/mol. The monoisotopic (exact) mass is 506 g/mol. The Balaban J connectivity index is 0.000000480. The summed E-state index contributed by atoms with van der Waals surface area (Å²) in [4.78, 5) is 49.2. The fourth-order valence-electron chi connectivity index (χ4n) is 5.22. The molecule has 3 heterocycles. The SMILES string of the molecule is NC(=O)C(=O)N1C[C@@H](CCN2CCC(c3ccc4[nH]ccc4c3)CC2)c2ccccc21.O=C(O)C(=O)O. The maximum atomic E-state index is 12.2. The Morgan fingerprint density at radius 2 is 1.68 bits per heavy atom. The number of para-hydroxylation sites is 1. The van der Waals surface area contributed by atoms with Gasteiger partial charge in [0, 0.05) is 29.9 Å². The molecular formula is C27H30N4O6. The van der Waals surface area contributed by atoms with Gasteiger partial charge in [-0.15, -0.1) is 0 Å². The van der Waals surface area contributed by atoms with Crippen molar-refractivity contribution in [2.24, 2.45) is 5.73 Å². The highest BCUT2D eigenvalue weighted by atomic mass is 16.4. The summed E-state index contributed by atoms with van der Waals surface area (Å²) >= 11 is 0. The van der Waals surface area contributed by atoms with E-state index in [0.29, 0.717) is 12.5 Å². The first-order valence-corrected chi connectivity index (χ1v) is 12.2. The number of nitrogens with zero attached hydrogens (tertiary/aromatic N) is 2. The van der Waals surface area contributed by atoms with Gasteiger partial charge in [-0.25, -0.2) is 9.59 Å². The predicted molar refractivity (Wildman–Crippen MR) is 137 cm³/mol. The molecule has 5 rings (SSSR count). The second kappa shape index (κ2) is 11.3. The highest BCUT2D eigenvalue weighted by Gasteiger charge is 2.34. The molecule has 10 heteroatoms. The van der Waals surface area contributed by atoms with Crippen LogP contribution < -0.4 is 10.6 Å². The van der Waals surface area contributed by atoms with Gasteiger partial charge in [-0.2, -0.15) is 0 Å². The average molecular weight is 507 g/mol. The molecule has 1 aromatic heterocycles. The molecule has 2 aromatic carbocycles. The molecule has 0 aliphatic carbocycles. The number of fused-ring (bicyclic) bond motifs is 2. The molecule has 0 spiro atoms. The van der Waals surface area contributed by atoms with Crippen LogP contribution in [0.2, 0.25) is 0 Å². The number of likely N-dealkylation sites (tertiary alicyclic amines) is 1. The van der Waals surface area contributed by atoms with Gasteiger partial charge in [0.15, 0.2) is 0 Å². The van der Waals surface area contributed by atoms with E-state index in [-0.39, 0.29) is 5.92 Å². The summed E-state index contributed by atoms with van der Waals surface area (Å²) in [5.41, 5.74) is 9.87. The smallest absolute Gasteiger partial charge is 0.414 e. The van der Waals surface area contributed by atoms with Crippen LogP contribution in [0.4, 0.5) is 5.69 Å². The molecule has 2 amide bonds.